The van der Waals surface area contributed by atoms with E-state index >= 15 is 0 Å². The number of benzene rings is 1. The highest BCUT2D eigenvalue weighted by molar-refractivity contribution is 6.34. The molecule has 0 aliphatic heterocycles. The van der Waals surface area contributed by atoms with Gasteiger partial charge in [-0.3, -0.25) is 0 Å². The van der Waals surface area contributed by atoms with E-state index in [-0.39, 0.29) is 0 Å². The number of hydrogen-bond donors (Lipinski definition) is 0. The quantitative estimate of drug-likeness (QED) is 0.582. The van der Waals surface area contributed by atoms with Gasteiger partial charge in [0.25, 0.3) is 0 Å². The van der Waals surface area contributed by atoms with Crippen molar-refractivity contribution in [1.29, 1.82) is 0 Å². The Balaban J connectivity index is 2.95. The van der Waals surface area contributed by atoms with E-state index in [0.29, 0.717) is 16.1 Å². The Bertz CT molecular complexity index is 357. The smallest absolute Gasteiger partial charge is 0.153 e. The molecule has 50 valence electrons. The van der Waals surface area contributed by atoms with Gasteiger partial charge < -0.3 is 0 Å². The van der Waals surface area contributed by atoms with Gasteiger partial charge in [0.2, 0.25) is 0 Å². The zero-order chi connectivity index (χ0) is 6.97. The molecule has 10 heavy (non-hydrogen) atoms. The second-order valence-electron chi connectivity index (χ2n) is 1.87. The summed E-state index contributed by atoms with van der Waals surface area (Å²) >= 11 is 5.74. The van der Waals surface area contributed by atoms with Gasteiger partial charge in [-0.1, -0.05) is 17.7 Å². The van der Waals surface area contributed by atoms with Crippen LogP contribution in [-0.4, -0.2) is 10.3 Å². The molecule has 0 bridgehead atoms. The molecule has 0 aliphatic carbocycles. The van der Waals surface area contributed by atoms with Crippen molar-refractivity contribution in [3.8, 4) is 0 Å². The van der Waals surface area contributed by atoms with Crippen molar-refractivity contribution in [2.45, 2.75) is 0 Å². The fraction of sp³-hybridized carbons (Fsp3) is 0. The molecule has 2 aromatic rings. The van der Waals surface area contributed by atoms with Gasteiger partial charge >= 0.3 is 0 Å². The van der Waals surface area contributed by atoms with Crippen LogP contribution >= 0.6 is 11.6 Å². The average Bonchev–Trinajstić information content (AvgIpc) is 2.36. The number of aromatic nitrogens is 2. The summed E-state index contributed by atoms with van der Waals surface area (Å²) in [6.07, 6.45) is 0. The molecule has 3 nitrogen and oxygen atoms in total. The maximum Gasteiger partial charge on any atom is 0.153 e. The monoisotopic (exact) mass is 154 g/mol. The van der Waals surface area contributed by atoms with E-state index in [1.165, 1.54) is 0 Å². The third kappa shape index (κ3) is 0.675. The summed E-state index contributed by atoms with van der Waals surface area (Å²) in [5, 5.41) is 7.78. The van der Waals surface area contributed by atoms with E-state index in [0.717, 1.165) is 0 Å². The maximum absolute atomic E-state index is 5.74. The molecule has 0 amide bonds. The standard InChI is InChI=1S/C6H3ClN2O/c7-4-2-1-3-5-6(4)9-10-8-5/h1-3H. The third-order valence-electron chi connectivity index (χ3n) is 1.24. The van der Waals surface area contributed by atoms with E-state index in [2.05, 4.69) is 14.9 Å². The van der Waals surface area contributed by atoms with Gasteiger partial charge in [0.05, 0.1) is 5.02 Å². The van der Waals surface area contributed by atoms with Crippen LogP contribution in [0.2, 0.25) is 5.02 Å². The van der Waals surface area contributed by atoms with Gasteiger partial charge in [-0.15, -0.1) is 0 Å². The molecule has 0 saturated carbocycles. The van der Waals surface area contributed by atoms with Crippen LogP contribution in [0.5, 0.6) is 0 Å². The average molecular weight is 155 g/mol. The lowest BCUT2D eigenvalue weighted by molar-refractivity contribution is 0.315. The summed E-state index contributed by atoms with van der Waals surface area (Å²) in [6, 6.07) is 5.33. The highest BCUT2D eigenvalue weighted by atomic mass is 35.5. The van der Waals surface area contributed by atoms with Crippen molar-refractivity contribution in [2.24, 2.45) is 0 Å². The second-order valence-corrected chi connectivity index (χ2v) is 2.28. The second kappa shape index (κ2) is 1.95. The minimum atomic E-state index is 0.568. The fourth-order valence-corrected chi connectivity index (χ4v) is 0.977. The lowest BCUT2D eigenvalue weighted by Crippen LogP contribution is -1.68. The van der Waals surface area contributed by atoms with Crippen molar-refractivity contribution >= 4 is 22.6 Å². The first-order valence-electron chi connectivity index (χ1n) is 2.75. The Morgan fingerprint density at radius 2 is 2.20 bits per heavy atom. The lowest BCUT2D eigenvalue weighted by Gasteiger charge is -1.84. The Hall–Kier alpha value is -1.09. The number of nitrogens with zero attached hydrogens (tertiary/aromatic N) is 2. The van der Waals surface area contributed by atoms with Gasteiger partial charge in [-0.25, -0.2) is 4.63 Å². The zero-order valence-electron chi connectivity index (χ0n) is 4.91. The molecule has 0 aliphatic rings. The summed E-state index contributed by atoms with van der Waals surface area (Å²) < 4.78 is 4.46. The van der Waals surface area contributed by atoms with Crippen LogP contribution in [0.1, 0.15) is 0 Å². The van der Waals surface area contributed by atoms with E-state index in [1.54, 1.807) is 18.2 Å². The maximum atomic E-state index is 5.74. The van der Waals surface area contributed by atoms with Crippen LogP contribution in [-0.2, 0) is 0 Å². The topological polar surface area (TPSA) is 38.9 Å². The Labute approximate surface area is 61.6 Å². The predicted molar refractivity (Wildman–Crippen MR) is 36.8 cm³/mol. The molecule has 0 fully saturated rings. The molecule has 4 heteroatoms. The van der Waals surface area contributed by atoms with Crippen LogP contribution < -0.4 is 0 Å². The fourth-order valence-electron chi connectivity index (χ4n) is 0.773. The van der Waals surface area contributed by atoms with Crippen LogP contribution in [0.4, 0.5) is 0 Å². The van der Waals surface area contributed by atoms with E-state index in [4.69, 9.17) is 11.6 Å². The highest BCUT2D eigenvalue weighted by Gasteiger charge is 2.01. The molecule has 2 rings (SSSR count). The molecule has 0 saturated heterocycles. The van der Waals surface area contributed by atoms with Crippen molar-refractivity contribution in [2.75, 3.05) is 0 Å². The first kappa shape index (κ1) is 5.68. The predicted octanol–water partition coefficient (Wildman–Crippen LogP) is 1.88. The summed E-state index contributed by atoms with van der Waals surface area (Å²) in [6.45, 7) is 0. The van der Waals surface area contributed by atoms with E-state index < -0.39 is 0 Å². The Morgan fingerprint density at radius 3 is 3.00 bits per heavy atom. The molecule has 1 aromatic carbocycles. The SMILES string of the molecule is Clc1cccc2nonc12. The van der Waals surface area contributed by atoms with Crippen molar-refractivity contribution in [3.63, 3.8) is 0 Å². The molecule has 0 radical (unpaired) electrons. The van der Waals surface area contributed by atoms with E-state index in [9.17, 15) is 0 Å². The molecule has 0 spiro atoms. The minimum Gasteiger partial charge on any atom is -0.243 e. The summed E-state index contributed by atoms with van der Waals surface area (Å²) in [4.78, 5) is 0. The van der Waals surface area contributed by atoms with Crippen LogP contribution in [0, 0.1) is 0 Å². The summed E-state index contributed by atoms with van der Waals surface area (Å²) in [5.74, 6) is 0. The molecule has 0 atom stereocenters. The van der Waals surface area contributed by atoms with Gasteiger partial charge in [0, 0.05) is 0 Å². The van der Waals surface area contributed by atoms with Gasteiger partial charge in [0.1, 0.15) is 5.52 Å². The molecule has 1 aromatic heterocycles. The van der Waals surface area contributed by atoms with Crippen LogP contribution in [0.25, 0.3) is 11.0 Å². The molecular formula is C6H3ClN2O. The normalized spacial score (nSPS) is 10.5. The van der Waals surface area contributed by atoms with Gasteiger partial charge in [-0.05, 0) is 22.4 Å². The largest absolute Gasteiger partial charge is 0.243 e. The van der Waals surface area contributed by atoms with Crippen molar-refractivity contribution < 1.29 is 4.63 Å². The molecule has 0 N–H and O–H groups in total. The van der Waals surface area contributed by atoms with Gasteiger partial charge in [-0.2, -0.15) is 0 Å². The van der Waals surface area contributed by atoms with Gasteiger partial charge in [0.15, 0.2) is 5.52 Å². The Kier molecular flexibility index (Phi) is 1.11. The van der Waals surface area contributed by atoms with Crippen molar-refractivity contribution in [1.82, 2.24) is 10.3 Å². The minimum absolute atomic E-state index is 0.568. The van der Waals surface area contributed by atoms with E-state index in [1.807, 2.05) is 0 Å². The summed E-state index contributed by atoms with van der Waals surface area (Å²) in [7, 11) is 0. The number of hydrogen-bond acceptors (Lipinski definition) is 3. The number of halogens is 1. The molecule has 0 unspecified atom stereocenters. The summed E-state index contributed by atoms with van der Waals surface area (Å²) in [5.41, 5.74) is 1.30. The number of fused-ring (bicyclic) bond motifs is 1. The zero-order valence-corrected chi connectivity index (χ0v) is 5.67. The molecule has 1 heterocycles. The van der Waals surface area contributed by atoms with Crippen molar-refractivity contribution in [3.05, 3.63) is 23.2 Å². The first-order valence-corrected chi connectivity index (χ1v) is 3.12. The van der Waals surface area contributed by atoms with Crippen LogP contribution in [0.3, 0.4) is 0 Å². The highest BCUT2D eigenvalue weighted by Crippen LogP contribution is 2.18. The molecular weight excluding hydrogens is 152 g/mol. The third-order valence-corrected chi connectivity index (χ3v) is 1.54. The van der Waals surface area contributed by atoms with Crippen LogP contribution in [0.15, 0.2) is 22.8 Å². The number of rotatable bonds is 0. The Morgan fingerprint density at radius 1 is 1.30 bits per heavy atom. The lowest BCUT2D eigenvalue weighted by atomic mass is 10.3. The first-order chi connectivity index (χ1) is 4.88.